The van der Waals surface area contributed by atoms with Crippen LogP contribution in [0.15, 0.2) is 59.7 Å². The lowest BCUT2D eigenvalue weighted by molar-refractivity contribution is -0.274. The van der Waals surface area contributed by atoms with Gasteiger partial charge in [-0.15, -0.1) is 13.2 Å². The van der Waals surface area contributed by atoms with Crippen LogP contribution < -0.4 is 4.74 Å². The van der Waals surface area contributed by atoms with Crippen LogP contribution in [-0.4, -0.2) is 48.2 Å². The molecule has 7 heteroatoms. The first kappa shape index (κ1) is 25.1. The van der Waals surface area contributed by atoms with Crippen molar-refractivity contribution in [2.75, 3.05) is 20.1 Å². The summed E-state index contributed by atoms with van der Waals surface area (Å²) in [6.07, 6.45) is 8.54. The fourth-order valence-electron chi connectivity index (χ4n) is 6.39. The van der Waals surface area contributed by atoms with Gasteiger partial charge < -0.3 is 14.5 Å². The highest BCUT2D eigenvalue weighted by molar-refractivity contribution is 5.96. The zero-order valence-electron chi connectivity index (χ0n) is 21.0. The van der Waals surface area contributed by atoms with Crippen LogP contribution in [0.5, 0.6) is 5.75 Å². The van der Waals surface area contributed by atoms with Gasteiger partial charge in [-0.1, -0.05) is 48.9 Å². The largest absolute Gasteiger partial charge is 0.573 e. The van der Waals surface area contributed by atoms with E-state index in [2.05, 4.69) is 35.8 Å². The van der Waals surface area contributed by atoms with E-state index in [1.807, 2.05) is 17.1 Å². The third-order valence-corrected chi connectivity index (χ3v) is 8.33. The normalized spacial score (nSPS) is 28.7. The Morgan fingerprint density at radius 3 is 2.61 bits per heavy atom. The van der Waals surface area contributed by atoms with Gasteiger partial charge in [0.1, 0.15) is 5.75 Å². The molecule has 194 valence electrons. The van der Waals surface area contributed by atoms with Crippen LogP contribution in [0.4, 0.5) is 13.2 Å². The van der Waals surface area contributed by atoms with E-state index in [1.54, 1.807) is 17.7 Å². The topological polar surface area (TPSA) is 32.8 Å². The first-order valence-corrected chi connectivity index (χ1v) is 13.1. The van der Waals surface area contributed by atoms with Gasteiger partial charge in [-0.25, -0.2) is 0 Å². The Kier molecular flexibility index (Phi) is 7.03. The quantitative estimate of drug-likeness (QED) is 0.442. The van der Waals surface area contributed by atoms with Gasteiger partial charge in [0, 0.05) is 37.2 Å². The van der Waals surface area contributed by atoms with E-state index >= 15 is 0 Å². The molecule has 1 saturated carbocycles. The zero-order valence-corrected chi connectivity index (χ0v) is 21.0. The van der Waals surface area contributed by atoms with Gasteiger partial charge in [0.2, 0.25) is 0 Å². The molecular formula is C29H35F3N2O2. The summed E-state index contributed by atoms with van der Waals surface area (Å²) in [5, 5.41) is 0. The fraction of sp³-hybridized carbons (Fsp3) is 0.552. The molecule has 2 fully saturated rings. The van der Waals surface area contributed by atoms with E-state index in [0.717, 1.165) is 45.2 Å². The molecule has 0 spiro atoms. The molecule has 4 nitrogen and oxygen atoms in total. The van der Waals surface area contributed by atoms with Crippen LogP contribution in [-0.2, 0) is 11.3 Å². The highest BCUT2D eigenvalue weighted by Gasteiger charge is 2.42. The van der Waals surface area contributed by atoms with Crippen molar-refractivity contribution in [3.8, 4) is 5.75 Å². The Balaban J connectivity index is 1.34. The zero-order chi connectivity index (χ0) is 25.4. The molecule has 0 aromatic heterocycles. The minimum atomic E-state index is -4.75. The monoisotopic (exact) mass is 500 g/mol. The van der Waals surface area contributed by atoms with E-state index in [4.69, 9.17) is 0 Å². The first-order chi connectivity index (χ1) is 17.1. The molecule has 3 aliphatic carbocycles. The van der Waals surface area contributed by atoms with Gasteiger partial charge >= 0.3 is 6.36 Å². The molecule has 0 N–H and O–H groups in total. The fourth-order valence-corrected chi connectivity index (χ4v) is 6.39. The molecule has 0 radical (unpaired) electrons. The predicted molar refractivity (Wildman–Crippen MR) is 133 cm³/mol. The molecule has 1 aromatic rings. The molecule has 4 aliphatic rings. The number of amides is 1. The van der Waals surface area contributed by atoms with Gasteiger partial charge in [0.05, 0.1) is 0 Å². The summed E-state index contributed by atoms with van der Waals surface area (Å²) in [5.74, 6) is 1.91. The molecule has 1 amide bonds. The number of carbonyl (C=O) groups excluding carboxylic acids is 1. The maximum Gasteiger partial charge on any atom is 0.573 e. The molecule has 1 aliphatic heterocycles. The minimum absolute atomic E-state index is 0.0299. The maximum atomic E-state index is 13.8. The predicted octanol–water partition coefficient (Wildman–Crippen LogP) is 6.11. The standard InChI is InChI=1S/C29H35F3N2O2/c1-19-6-8-21(9-7-19)28(35)34(16-20-4-3-5-27(12-20)36-29(30,31)32)26-14-23-11-10-22(13-24(23)15-26)25-17-33(2)18-25/h3-6,8-10,12,19,23-26H,7,11,13-18H2,1-2H3/t19?,23-,24+,26+/m1/s1. The number of hydrogen-bond donors (Lipinski definition) is 0. The second kappa shape index (κ2) is 10.1. The summed E-state index contributed by atoms with van der Waals surface area (Å²) in [6.45, 7) is 4.65. The Hall–Kier alpha value is -2.54. The number of allylic oxidation sites excluding steroid dienone is 3. The molecule has 4 atom stereocenters. The summed E-state index contributed by atoms with van der Waals surface area (Å²) in [7, 11) is 2.15. The first-order valence-electron chi connectivity index (χ1n) is 13.1. The Morgan fingerprint density at radius 2 is 1.92 bits per heavy atom. The minimum Gasteiger partial charge on any atom is -0.406 e. The summed E-state index contributed by atoms with van der Waals surface area (Å²) < 4.78 is 42.5. The molecule has 36 heavy (non-hydrogen) atoms. The van der Waals surface area contributed by atoms with E-state index in [0.29, 0.717) is 34.8 Å². The number of benzene rings is 1. The number of rotatable bonds is 6. The van der Waals surface area contributed by atoms with Gasteiger partial charge in [0.25, 0.3) is 5.91 Å². The number of halogens is 3. The summed E-state index contributed by atoms with van der Waals surface area (Å²) in [5.41, 5.74) is 2.91. The maximum absolute atomic E-state index is 13.8. The molecule has 1 saturated heterocycles. The van der Waals surface area contributed by atoms with Crippen LogP contribution in [0, 0.1) is 23.7 Å². The number of ether oxygens (including phenoxy) is 1. The highest BCUT2D eigenvalue weighted by atomic mass is 19.4. The molecule has 1 unspecified atom stereocenters. The number of fused-ring (bicyclic) bond motifs is 1. The van der Waals surface area contributed by atoms with Crippen LogP contribution in [0.1, 0.15) is 44.6 Å². The van der Waals surface area contributed by atoms with Gasteiger partial charge in [0.15, 0.2) is 0 Å². The third-order valence-electron chi connectivity index (χ3n) is 8.33. The molecule has 5 rings (SSSR count). The van der Waals surface area contributed by atoms with Crippen molar-refractivity contribution >= 4 is 5.91 Å². The molecule has 1 heterocycles. The van der Waals surface area contributed by atoms with E-state index in [9.17, 15) is 18.0 Å². The average Bonchev–Trinajstić information content (AvgIpc) is 3.23. The second-order valence-corrected chi connectivity index (χ2v) is 11.1. The van der Waals surface area contributed by atoms with Gasteiger partial charge in [-0.2, -0.15) is 0 Å². The number of alkyl halides is 3. The Bertz CT molecular complexity index is 1070. The average molecular weight is 501 g/mol. The summed E-state index contributed by atoms with van der Waals surface area (Å²) in [4.78, 5) is 18.0. The SMILES string of the molecule is CC1C=CC(C(=O)N(Cc2cccc(OC(F)(F)F)c2)[C@H]2C[C@H]3CC=C(C4CN(C)C4)C[C@H]3C2)=CC1. The summed E-state index contributed by atoms with van der Waals surface area (Å²) >= 11 is 0. The number of carbonyl (C=O) groups is 1. The highest BCUT2D eigenvalue weighted by Crippen LogP contribution is 2.46. The van der Waals surface area contributed by atoms with Crippen molar-refractivity contribution in [1.29, 1.82) is 0 Å². The van der Waals surface area contributed by atoms with Crippen LogP contribution in [0.25, 0.3) is 0 Å². The van der Waals surface area contributed by atoms with Crippen molar-refractivity contribution in [1.82, 2.24) is 9.80 Å². The third kappa shape index (κ3) is 5.72. The van der Waals surface area contributed by atoms with E-state index in [1.165, 1.54) is 12.1 Å². The number of nitrogens with zero attached hydrogens (tertiary/aromatic N) is 2. The summed E-state index contributed by atoms with van der Waals surface area (Å²) in [6, 6.07) is 6.10. The van der Waals surface area contributed by atoms with E-state index in [-0.39, 0.29) is 24.2 Å². The van der Waals surface area contributed by atoms with Crippen LogP contribution in [0.2, 0.25) is 0 Å². The lowest BCUT2D eigenvalue weighted by Crippen LogP contribution is -2.45. The van der Waals surface area contributed by atoms with Crippen molar-refractivity contribution in [2.24, 2.45) is 23.7 Å². The van der Waals surface area contributed by atoms with Crippen molar-refractivity contribution in [2.45, 2.75) is 58.0 Å². The lowest BCUT2D eigenvalue weighted by atomic mass is 9.76. The number of likely N-dealkylation sites (tertiary alicyclic amines) is 1. The number of hydrogen-bond acceptors (Lipinski definition) is 3. The van der Waals surface area contributed by atoms with Gasteiger partial charge in [-0.3, -0.25) is 4.79 Å². The molecular weight excluding hydrogens is 465 g/mol. The Labute approximate surface area is 211 Å². The van der Waals surface area contributed by atoms with Crippen LogP contribution in [0.3, 0.4) is 0 Å². The molecule has 0 bridgehead atoms. The second-order valence-electron chi connectivity index (χ2n) is 11.1. The smallest absolute Gasteiger partial charge is 0.406 e. The van der Waals surface area contributed by atoms with Crippen molar-refractivity contribution in [3.63, 3.8) is 0 Å². The van der Waals surface area contributed by atoms with Crippen molar-refractivity contribution in [3.05, 3.63) is 65.3 Å². The Morgan fingerprint density at radius 1 is 1.14 bits per heavy atom. The van der Waals surface area contributed by atoms with Crippen LogP contribution >= 0.6 is 0 Å². The van der Waals surface area contributed by atoms with Gasteiger partial charge in [-0.05, 0) is 74.6 Å². The lowest BCUT2D eigenvalue weighted by Gasteiger charge is -2.40. The molecule has 1 aromatic carbocycles. The van der Waals surface area contributed by atoms with E-state index < -0.39 is 6.36 Å². The van der Waals surface area contributed by atoms with Crippen molar-refractivity contribution < 1.29 is 22.7 Å².